The van der Waals surface area contributed by atoms with Crippen LogP contribution in [0.15, 0.2) is 36.7 Å². The third-order valence-corrected chi connectivity index (χ3v) is 3.43. The molecule has 1 aromatic carbocycles. The van der Waals surface area contributed by atoms with Gasteiger partial charge in [0, 0.05) is 18.3 Å². The van der Waals surface area contributed by atoms with Crippen LogP contribution in [0.4, 0.5) is 11.6 Å². The monoisotopic (exact) mass is 265 g/mol. The molecule has 2 N–H and O–H groups in total. The number of anilines is 2. The van der Waals surface area contributed by atoms with Gasteiger partial charge < -0.3 is 10.6 Å². The van der Waals surface area contributed by atoms with Gasteiger partial charge in [-0.05, 0) is 24.5 Å². The van der Waals surface area contributed by atoms with Crippen molar-refractivity contribution < 1.29 is 0 Å². The van der Waals surface area contributed by atoms with E-state index in [4.69, 9.17) is 5.26 Å². The normalized spacial score (nSPS) is 16.6. The smallest absolute Gasteiger partial charge is 0.222 e. The molecule has 1 aliphatic rings. The minimum absolute atomic E-state index is 0.365. The molecule has 0 bridgehead atoms. The van der Waals surface area contributed by atoms with Gasteiger partial charge in [-0.1, -0.05) is 18.2 Å². The molecule has 0 radical (unpaired) electrons. The highest BCUT2D eigenvalue weighted by Crippen LogP contribution is 2.24. The van der Waals surface area contributed by atoms with Gasteiger partial charge in [0.1, 0.15) is 6.07 Å². The van der Waals surface area contributed by atoms with E-state index >= 15 is 0 Å². The third-order valence-electron chi connectivity index (χ3n) is 3.43. The van der Waals surface area contributed by atoms with E-state index in [1.807, 2.05) is 12.1 Å². The maximum absolute atomic E-state index is 8.69. The van der Waals surface area contributed by atoms with Gasteiger partial charge in [-0.3, -0.25) is 0 Å². The first-order valence-electron chi connectivity index (χ1n) is 6.65. The van der Waals surface area contributed by atoms with Crippen molar-refractivity contribution in [1.82, 2.24) is 9.97 Å². The van der Waals surface area contributed by atoms with Crippen molar-refractivity contribution in [3.8, 4) is 6.07 Å². The van der Waals surface area contributed by atoms with Crippen molar-refractivity contribution in [2.45, 2.75) is 18.9 Å². The molecule has 0 fully saturated rings. The maximum atomic E-state index is 8.69. The highest BCUT2D eigenvalue weighted by atomic mass is 15.1. The minimum atomic E-state index is 0.365. The number of benzene rings is 1. The zero-order valence-electron chi connectivity index (χ0n) is 11.0. The van der Waals surface area contributed by atoms with Gasteiger partial charge in [0.15, 0.2) is 0 Å². The average molecular weight is 265 g/mol. The van der Waals surface area contributed by atoms with Crippen molar-refractivity contribution in [1.29, 1.82) is 5.26 Å². The first-order valence-corrected chi connectivity index (χ1v) is 6.65. The van der Waals surface area contributed by atoms with Crippen LogP contribution in [0.3, 0.4) is 0 Å². The summed E-state index contributed by atoms with van der Waals surface area (Å²) in [6.45, 7) is 0.764. The number of para-hydroxylation sites is 1. The molecule has 0 saturated carbocycles. The third kappa shape index (κ3) is 2.69. The van der Waals surface area contributed by atoms with Gasteiger partial charge in [-0.25, -0.2) is 9.97 Å². The fraction of sp³-hybridized carbons (Fsp3) is 0.267. The van der Waals surface area contributed by atoms with E-state index in [9.17, 15) is 0 Å². The Labute approximate surface area is 117 Å². The van der Waals surface area contributed by atoms with Gasteiger partial charge in [-0.2, -0.15) is 5.26 Å². The van der Waals surface area contributed by atoms with E-state index in [1.165, 1.54) is 23.6 Å². The number of hydrogen-bond acceptors (Lipinski definition) is 5. The Kier molecular flexibility index (Phi) is 3.46. The van der Waals surface area contributed by atoms with Crippen molar-refractivity contribution >= 4 is 11.6 Å². The molecular formula is C15H15N5. The van der Waals surface area contributed by atoms with Crippen molar-refractivity contribution in [2.24, 2.45) is 0 Å². The van der Waals surface area contributed by atoms with Crippen LogP contribution in [-0.4, -0.2) is 22.6 Å². The molecule has 1 atom stereocenters. The summed E-state index contributed by atoms with van der Waals surface area (Å²) in [5.41, 5.74) is 3.06. The first-order chi connectivity index (χ1) is 9.85. The molecule has 1 aliphatic heterocycles. The van der Waals surface area contributed by atoms with Crippen LogP contribution in [-0.2, 0) is 6.42 Å². The first kappa shape index (κ1) is 12.4. The molecule has 0 saturated heterocycles. The molecular weight excluding hydrogens is 250 g/mol. The second-order valence-electron chi connectivity index (χ2n) is 4.83. The van der Waals surface area contributed by atoms with E-state index in [2.05, 4.69) is 38.8 Å². The number of rotatable bonds is 3. The Morgan fingerprint density at radius 1 is 1.30 bits per heavy atom. The molecule has 2 heterocycles. The van der Waals surface area contributed by atoms with Gasteiger partial charge >= 0.3 is 0 Å². The molecule has 20 heavy (non-hydrogen) atoms. The Bertz CT molecular complexity index is 629. The largest absolute Gasteiger partial charge is 0.380 e. The van der Waals surface area contributed by atoms with Crippen molar-refractivity contribution in [3.05, 3.63) is 47.8 Å². The molecule has 1 aromatic heterocycles. The van der Waals surface area contributed by atoms with Gasteiger partial charge in [0.2, 0.25) is 5.95 Å². The van der Waals surface area contributed by atoms with E-state index in [1.54, 1.807) is 0 Å². The number of nitrogens with zero attached hydrogens (tertiary/aromatic N) is 3. The molecule has 2 aromatic rings. The van der Waals surface area contributed by atoms with Crippen LogP contribution < -0.4 is 10.6 Å². The summed E-state index contributed by atoms with van der Waals surface area (Å²) < 4.78 is 0. The number of hydrogen-bond donors (Lipinski definition) is 2. The predicted molar refractivity (Wildman–Crippen MR) is 77.4 cm³/mol. The molecule has 100 valence electrons. The summed E-state index contributed by atoms with van der Waals surface area (Å²) in [6, 6.07) is 10.8. The number of nitriles is 1. The number of nitrogens with one attached hydrogen (secondary N) is 2. The minimum Gasteiger partial charge on any atom is -0.380 e. The maximum Gasteiger partial charge on any atom is 0.222 e. The Morgan fingerprint density at radius 2 is 2.10 bits per heavy atom. The van der Waals surface area contributed by atoms with Crippen LogP contribution in [0.2, 0.25) is 0 Å². The quantitative estimate of drug-likeness (QED) is 0.890. The SMILES string of the molecule is N#Cc1cnc(NCC2CCc3ccccc3N2)nc1. The van der Waals surface area contributed by atoms with Crippen LogP contribution in [0, 0.1) is 11.3 Å². The molecule has 3 rings (SSSR count). The van der Waals surface area contributed by atoms with Crippen molar-refractivity contribution in [3.63, 3.8) is 0 Å². The molecule has 1 unspecified atom stereocenters. The van der Waals surface area contributed by atoms with E-state index < -0.39 is 0 Å². The van der Waals surface area contributed by atoms with E-state index in [-0.39, 0.29) is 0 Å². The summed E-state index contributed by atoms with van der Waals surface area (Å²) in [7, 11) is 0. The lowest BCUT2D eigenvalue weighted by Crippen LogP contribution is -2.32. The summed E-state index contributed by atoms with van der Waals surface area (Å²) in [4.78, 5) is 8.21. The molecule has 0 amide bonds. The Balaban J connectivity index is 1.58. The zero-order valence-corrected chi connectivity index (χ0v) is 11.0. The standard InChI is InChI=1S/C15H15N5/c16-7-11-8-17-15(18-9-11)19-10-13-6-5-12-3-1-2-4-14(12)20-13/h1-4,8-9,13,20H,5-6,10H2,(H,17,18,19). The second-order valence-corrected chi connectivity index (χ2v) is 4.83. The highest BCUT2D eigenvalue weighted by Gasteiger charge is 2.16. The van der Waals surface area contributed by atoms with E-state index in [0.717, 1.165) is 19.4 Å². The summed E-state index contributed by atoms with van der Waals surface area (Å²) in [6.07, 6.45) is 5.22. The van der Waals surface area contributed by atoms with Crippen LogP contribution in [0.1, 0.15) is 17.5 Å². The molecule has 5 heteroatoms. The van der Waals surface area contributed by atoms with Gasteiger partial charge in [0.05, 0.1) is 18.0 Å². The fourth-order valence-corrected chi connectivity index (χ4v) is 2.35. The second kappa shape index (κ2) is 5.57. The van der Waals surface area contributed by atoms with Crippen molar-refractivity contribution in [2.75, 3.05) is 17.2 Å². The number of aryl methyl sites for hydroxylation is 1. The fourth-order valence-electron chi connectivity index (χ4n) is 2.35. The molecule has 0 spiro atoms. The van der Waals surface area contributed by atoms with Crippen LogP contribution in [0.25, 0.3) is 0 Å². The lowest BCUT2D eigenvalue weighted by molar-refractivity contribution is 0.652. The van der Waals surface area contributed by atoms with Gasteiger partial charge in [-0.15, -0.1) is 0 Å². The zero-order chi connectivity index (χ0) is 13.8. The summed E-state index contributed by atoms with van der Waals surface area (Å²) in [5.74, 6) is 0.560. The van der Waals surface area contributed by atoms with Gasteiger partial charge in [0.25, 0.3) is 0 Å². The summed E-state index contributed by atoms with van der Waals surface area (Å²) >= 11 is 0. The lowest BCUT2D eigenvalue weighted by Gasteiger charge is -2.27. The average Bonchev–Trinajstić information content (AvgIpc) is 2.53. The number of aromatic nitrogens is 2. The number of fused-ring (bicyclic) bond motifs is 1. The molecule has 5 nitrogen and oxygen atoms in total. The lowest BCUT2D eigenvalue weighted by atomic mass is 9.98. The topological polar surface area (TPSA) is 73.6 Å². The summed E-state index contributed by atoms with van der Waals surface area (Å²) in [5, 5.41) is 15.4. The van der Waals surface area contributed by atoms with Crippen LogP contribution >= 0.6 is 0 Å². The molecule has 0 aliphatic carbocycles. The highest BCUT2D eigenvalue weighted by molar-refractivity contribution is 5.54. The van der Waals surface area contributed by atoms with Crippen LogP contribution in [0.5, 0.6) is 0 Å². The van der Waals surface area contributed by atoms with E-state index in [0.29, 0.717) is 17.6 Å². The Hall–Kier alpha value is -2.61. The Morgan fingerprint density at radius 3 is 2.90 bits per heavy atom. The predicted octanol–water partition coefficient (Wildman–Crippen LogP) is 2.19.